The van der Waals surface area contributed by atoms with Gasteiger partial charge in [0.2, 0.25) is 6.29 Å². The van der Waals surface area contributed by atoms with E-state index in [4.69, 9.17) is 14.9 Å². The van der Waals surface area contributed by atoms with E-state index < -0.39 is 37.3 Å². The lowest BCUT2D eigenvalue weighted by Gasteiger charge is -2.36. The number of aliphatic hydroxyl groups is 4. The molecule has 0 spiro atoms. The van der Waals surface area contributed by atoms with Crippen LogP contribution in [0.4, 0.5) is 0 Å². The molecular weight excluding hydrogens is 166 g/mol. The number of hydrogen-bond donors (Lipinski definition) is 5. The first-order valence-electron chi connectivity index (χ1n) is 3.71. The van der Waals surface area contributed by atoms with Gasteiger partial charge in [0, 0.05) is 0 Å². The summed E-state index contributed by atoms with van der Waals surface area (Å²) in [6, 6.07) is -0.789. The highest BCUT2D eigenvalue weighted by atomic mass is 16.6. The molecule has 1 heterocycles. The maximum Gasteiger partial charge on any atom is 0.211 e. The smallest absolute Gasteiger partial charge is 0.211 e. The predicted molar refractivity (Wildman–Crippen MR) is 36.7 cm³/mol. The van der Waals surface area contributed by atoms with Gasteiger partial charge in [-0.25, -0.2) is 0 Å². The van der Waals surface area contributed by atoms with Crippen LogP contribution in [0.15, 0.2) is 0 Å². The molecule has 0 radical (unpaired) electrons. The fourth-order valence-electron chi connectivity index (χ4n) is 1.15. The van der Waals surface area contributed by atoms with Crippen LogP contribution in [0, 0.1) is 0 Å². The number of quaternary nitrogens is 1. The van der Waals surface area contributed by atoms with E-state index in [1.807, 2.05) is 0 Å². The topological polar surface area (TPSA) is 118 Å². The summed E-state index contributed by atoms with van der Waals surface area (Å²) in [5.74, 6) is 0. The molecule has 1 rings (SSSR count). The van der Waals surface area contributed by atoms with Crippen LogP contribution in [-0.4, -0.2) is 57.7 Å². The van der Waals surface area contributed by atoms with E-state index in [1.54, 1.807) is 0 Å². The Hall–Kier alpha value is -0.240. The first-order chi connectivity index (χ1) is 5.57. The zero-order chi connectivity index (χ0) is 9.30. The third-order valence-corrected chi connectivity index (χ3v) is 2.03. The average Bonchev–Trinajstić information content (AvgIpc) is 2.08. The van der Waals surface area contributed by atoms with Crippen LogP contribution in [0.1, 0.15) is 0 Å². The minimum atomic E-state index is -1.24. The monoisotopic (exact) mass is 180 g/mol. The molecule has 0 aromatic rings. The van der Waals surface area contributed by atoms with Crippen molar-refractivity contribution in [2.45, 2.75) is 30.6 Å². The zero-order valence-corrected chi connectivity index (χ0v) is 6.50. The zero-order valence-electron chi connectivity index (χ0n) is 6.50. The molecule has 1 aliphatic heterocycles. The van der Waals surface area contributed by atoms with Crippen LogP contribution in [0.3, 0.4) is 0 Å². The molecule has 0 aliphatic carbocycles. The van der Waals surface area contributed by atoms with Crippen LogP contribution in [0.2, 0.25) is 0 Å². The van der Waals surface area contributed by atoms with Gasteiger partial charge in [0.15, 0.2) is 6.04 Å². The summed E-state index contributed by atoms with van der Waals surface area (Å²) < 4.78 is 4.76. The van der Waals surface area contributed by atoms with E-state index in [0.29, 0.717) is 0 Å². The summed E-state index contributed by atoms with van der Waals surface area (Å²) in [6.07, 6.45) is -4.53. The molecule has 0 saturated carbocycles. The normalized spacial score (nSPS) is 49.2. The highest BCUT2D eigenvalue weighted by Crippen LogP contribution is 2.16. The second kappa shape index (κ2) is 3.65. The van der Waals surface area contributed by atoms with Crippen molar-refractivity contribution in [1.82, 2.24) is 0 Å². The fourth-order valence-corrected chi connectivity index (χ4v) is 1.15. The Labute approximate surface area is 69.2 Å². The van der Waals surface area contributed by atoms with Gasteiger partial charge in [-0.2, -0.15) is 0 Å². The van der Waals surface area contributed by atoms with Gasteiger partial charge in [-0.1, -0.05) is 0 Å². The Kier molecular flexibility index (Phi) is 2.99. The number of rotatable bonds is 1. The van der Waals surface area contributed by atoms with Gasteiger partial charge in [-0.3, -0.25) is 0 Å². The highest BCUT2D eigenvalue weighted by molar-refractivity contribution is 4.87. The second-order valence-electron chi connectivity index (χ2n) is 2.89. The van der Waals surface area contributed by atoms with Gasteiger partial charge in [0.25, 0.3) is 0 Å². The lowest BCUT2D eigenvalue weighted by molar-refractivity contribution is -0.497. The molecule has 5 atom stereocenters. The molecule has 6 nitrogen and oxygen atoms in total. The first kappa shape index (κ1) is 9.85. The van der Waals surface area contributed by atoms with E-state index in [1.165, 1.54) is 0 Å². The molecule has 1 aliphatic rings. The molecule has 0 bridgehead atoms. The maximum absolute atomic E-state index is 9.25. The van der Waals surface area contributed by atoms with Crippen molar-refractivity contribution in [1.29, 1.82) is 0 Å². The lowest BCUT2D eigenvalue weighted by Crippen LogP contribution is -2.77. The van der Waals surface area contributed by atoms with Crippen molar-refractivity contribution in [3.8, 4) is 0 Å². The first-order valence-corrected chi connectivity index (χ1v) is 3.71. The van der Waals surface area contributed by atoms with Gasteiger partial charge in [-0.15, -0.1) is 0 Å². The quantitative estimate of drug-likeness (QED) is 0.282. The molecule has 0 unspecified atom stereocenters. The molecule has 6 heteroatoms. The molecular formula is C6H14NO5+. The highest BCUT2D eigenvalue weighted by Gasteiger charge is 2.43. The minimum absolute atomic E-state index is 0.442. The van der Waals surface area contributed by atoms with Gasteiger partial charge >= 0.3 is 0 Å². The second-order valence-corrected chi connectivity index (χ2v) is 2.89. The average molecular weight is 180 g/mol. The number of ether oxygens (including phenoxy) is 1. The van der Waals surface area contributed by atoms with Gasteiger partial charge in [0.1, 0.15) is 18.3 Å². The van der Waals surface area contributed by atoms with Gasteiger partial charge < -0.3 is 30.9 Å². The molecule has 12 heavy (non-hydrogen) atoms. The summed E-state index contributed by atoms with van der Waals surface area (Å²) in [5.41, 5.74) is 3.41. The van der Waals surface area contributed by atoms with Crippen molar-refractivity contribution < 1.29 is 30.9 Å². The molecule has 7 N–H and O–H groups in total. The van der Waals surface area contributed by atoms with Crippen LogP contribution >= 0.6 is 0 Å². The van der Waals surface area contributed by atoms with Crippen LogP contribution in [0.5, 0.6) is 0 Å². The SMILES string of the molecule is [NH3+][C@H]1[C@@H](O)[C@H](O)[C@H](CO)O[C@H]1O. The van der Waals surface area contributed by atoms with E-state index in [2.05, 4.69) is 5.73 Å². The van der Waals surface area contributed by atoms with Crippen molar-refractivity contribution in [2.75, 3.05) is 6.61 Å². The lowest BCUT2D eigenvalue weighted by atomic mass is 9.98. The van der Waals surface area contributed by atoms with Crippen molar-refractivity contribution in [3.05, 3.63) is 0 Å². The van der Waals surface area contributed by atoms with E-state index in [-0.39, 0.29) is 0 Å². The van der Waals surface area contributed by atoms with E-state index >= 15 is 0 Å². The Bertz CT molecular complexity index is 150. The standard InChI is InChI=1S/C6H13NO5/c7-3-5(10)4(9)2(1-8)12-6(3)11/h2-6,8-11H,1,7H2/p+1/t2-,3-,4+,5+,6+/m0/s1. The summed E-state index contributed by atoms with van der Waals surface area (Å²) >= 11 is 0. The van der Waals surface area contributed by atoms with Gasteiger partial charge in [-0.05, 0) is 0 Å². The Balaban J connectivity index is 2.63. The number of aliphatic hydroxyl groups excluding tert-OH is 4. The summed E-state index contributed by atoms with van der Waals surface area (Å²) in [4.78, 5) is 0. The molecule has 0 aromatic carbocycles. The summed E-state index contributed by atoms with van der Waals surface area (Å²) in [5, 5.41) is 36.3. The molecule has 72 valence electrons. The fraction of sp³-hybridized carbons (Fsp3) is 1.00. The maximum atomic E-state index is 9.25. The molecule has 1 fully saturated rings. The van der Waals surface area contributed by atoms with Crippen LogP contribution in [-0.2, 0) is 4.74 Å². The van der Waals surface area contributed by atoms with E-state index in [9.17, 15) is 10.2 Å². The van der Waals surface area contributed by atoms with Crippen molar-refractivity contribution in [2.24, 2.45) is 0 Å². The molecule has 0 aromatic heterocycles. The minimum Gasteiger partial charge on any atom is -0.394 e. The third kappa shape index (κ3) is 1.58. The third-order valence-electron chi connectivity index (χ3n) is 2.03. The predicted octanol–water partition coefficient (Wildman–Crippen LogP) is -3.97. The number of hydrogen-bond acceptors (Lipinski definition) is 5. The van der Waals surface area contributed by atoms with Crippen LogP contribution in [0.25, 0.3) is 0 Å². The van der Waals surface area contributed by atoms with Crippen molar-refractivity contribution in [3.63, 3.8) is 0 Å². The van der Waals surface area contributed by atoms with Gasteiger partial charge in [0.05, 0.1) is 6.61 Å². The summed E-state index contributed by atoms with van der Waals surface area (Å²) in [7, 11) is 0. The summed E-state index contributed by atoms with van der Waals surface area (Å²) in [6.45, 7) is -0.442. The Morgan fingerprint density at radius 2 is 1.75 bits per heavy atom. The van der Waals surface area contributed by atoms with E-state index in [0.717, 1.165) is 0 Å². The Morgan fingerprint density at radius 1 is 1.17 bits per heavy atom. The molecule has 1 saturated heterocycles. The Morgan fingerprint density at radius 3 is 2.25 bits per heavy atom. The van der Waals surface area contributed by atoms with Crippen LogP contribution < -0.4 is 5.73 Å². The largest absolute Gasteiger partial charge is 0.394 e. The van der Waals surface area contributed by atoms with Crippen molar-refractivity contribution >= 4 is 0 Å². The molecule has 0 amide bonds.